The molecule has 172 valence electrons. The molecular weight excluding hydrogens is 431 g/mol. The first kappa shape index (κ1) is 20.5. The third kappa shape index (κ3) is 3.26. The van der Waals surface area contributed by atoms with Crippen molar-refractivity contribution in [1.29, 1.82) is 0 Å². The van der Waals surface area contributed by atoms with Crippen LogP contribution in [0.5, 0.6) is 0 Å². The molecule has 2 aliphatic heterocycles. The molecule has 10 heteroatoms. The molecule has 2 aliphatic rings. The quantitative estimate of drug-likeness (QED) is 0.513. The molecule has 1 fully saturated rings. The van der Waals surface area contributed by atoms with E-state index >= 15 is 0 Å². The molecule has 0 aliphatic carbocycles. The van der Waals surface area contributed by atoms with Gasteiger partial charge in [-0.1, -0.05) is 0 Å². The molecule has 0 bridgehead atoms. The van der Waals surface area contributed by atoms with Crippen molar-refractivity contribution in [1.82, 2.24) is 29.5 Å². The molecule has 1 aromatic carbocycles. The van der Waals surface area contributed by atoms with Gasteiger partial charge < -0.3 is 14.8 Å². The van der Waals surface area contributed by atoms with Crippen LogP contribution in [0.3, 0.4) is 0 Å². The van der Waals surface area contributed by atoms with Crippen molar-refractivity contribution in [2.75, 3.05) is 31.1 Å². The van der Waals surface area contributed by atoms with Crippen molar-refractivity contribution in [3.8, 4) is 0 Å². The summed E-state index contributed by atoms with van der Waals surface area (Å²) in [5.74, 6) is 2.07. The minimum absolute atomic E-state index is 0.144. The summed E-state index contributed by atoms with van der Waals surface area (Å²) in [4.78, 5) is 11.8. The van der Waals surface area contributed by atoms with Gasteiger partial charge in [-0.25, -0.2) is 9.97 Å². The summed E-state index contributed by atoms with van der Waals surface area (Å²) in [6.45, 7) is 5.96. The van der Waals surface area contributed by atoms with E-state index in [2.05, 4.69) is 20.3 Å². The van der Waals surface area contributed by atoms with Crippen LogP contribution in [0.25, 0.3) is 16.7 Å². The second-order valence-corrected chi connectivity index (χ2v) is 8.73. The predicted octanol–water partition coefficient (Wildman–Crippen LogP) is 3.41. The molecule has 0 saturated carbocycles. The average Bonchev–Trinajstić information content (AvgIpc) is 3.28. The lowest BCUT2D eigenvalue weighted by molar-refractivity contribution is -0.137. The maximum Gasteiger partial charge on any atom is 0.416 e. The van der Waals surface area contributed by atoms with Gasteiger partial charge in [-0.15, -0.1) is 0 Å². The average molecular weight is 455 g/mol. The minimum Gasteiger partial charge on any atom is -0.355 e. The number of rotatable bonds is 3. The summed E-state index contributed by atoms with van der Waals surface area (Å²) < 4.78 is 43.5. The van der Waals surface area contributed by atoms with E-state index in [1.165, 1.54) is 11.6 Å². The molecule has 0 amide bonds. The Bertz CT molecular complexity index is 1350. The van der Waals surface area contributed by atoms with E-state index in [9.17, 15) is 13.2 Å². The van der Waals surface area contributed by atoms with Crippen molar-refractivity contribution < 1.29 is 13.2 Å². The van der Waals surface area contributed by atoms with Crippen LogP contribution in [0.4, 0.5) is 19.0 Å². The second-order valence-electron chi connectivity index (χ2n) is 8.73. The van der Waals surface area contributed by atoms with Crippen LogP contribution in [0.1, 0.15) is 35.5 Å². The van der Waals surface area contributed by atoms with Gasteiger partial charge in [0.1, 0.15) is 11.6 Å². The molecule has 7 nitrogen and oxygen atoms in total. The number of hydrogen-bond donors (Lipinski definition) is 1. The molecule has 1 N–H and O–H groups in total. The zero-order valence-corrected chi connectivity index (χ0v) is 18.2. The fourth-order valence-electron chi connectivity index (χ4n) is 5.12. The van der Waals surface area contributed by atoms with E-state index in [1.807, 2.05) is 22.1 Å². The van der Waals surface area contributed by atoms with Gasteiger partial charge in [0.2, 0.25) is 0 Å². The second kappa shape index (κ2) is 7.44. The van der Waals surface area contributed by atoms with E-state index in [1.54, 1.807) is 6.20 Å². The summed E-state index contributed by atoms with van der Waals surface area (Å²) >= 11 is 0. The maximum atomic E-state index is 13.2. The third-order valence-electron chi connectivity index (χ3n) is 6.75. The Labute approximate surface area is 188 Å². The van der Waals surface area contributed by atoms with Crippen LogP contribution in [0.2, 0.25) is 0 Å². The molecule has 0 atom stereocenters. The van der Waals surface area contributed by atoms with Gasteiger partial charge in [-0.05, 0) is 38.1 Å². The van der Waals surface area contributed by atoms with Crippen molar-refractivity contribution >= 4 is 22.5 Å². The van der Waals surface area contributed by atoms with Crippen molar-refractivity contribution in [3.63, 3.8) is 0 Å². The van der Waals surface area contributed by atoms with Crippen LogP contribution in [0, 0.1) is 0 Å². The predicted molar refractivity (Wildman–Crippen MR) is 119 cm³/mol. The Morgan fingerprint density at radius 2 is 1.91 bits per heavy atom. The molecule has 0 spiro atoms. The number of aryl methyl sites for hydroxylation is 1. The highest BCUT2D eigenvalue weighted by Gasteiger charge is 2.36. The minimum atomic E-state index is -4.37. The van der Waals surface area contributed by atoms with E-state index in [-0.39, 0.29) is 5.92 Å². The summed E-state index contributed by atoms with van der Waals surface area (Å²) in [7, 11) is 0. The SMILES string of the molecule is CCn1c(C2CN(c3c4c(nc5ccnn35)CCNCC4)C2)nc2cc(C(F)(F)F)ccc21. The van der Waals surface area contributed by atoms with Crippen LogP contribution in [0.15, 0.2) is 30.5 Å². The smallest absolute Gasteiger partial charge is 0.355 e. The van der Waals surface area contributed by atoms with Crippen LogP contribution < -0.4 is 10.2 Å². The molecule has 6 rings (SSSR count). The Morgan fingerprint density at radius 1 is 1.09 bits per heavy atom. The molecule has 3 aromatic heterocycles. The number of alkyl halides is 3. The topological polar surface area (TPSA) is 63.3 Å². The van der Waals surface area contributed by atoms with E-state index in [0.717, 1.165) is 79.7 Å². The highest BCUT2D eigenvalue weighted by molar-refractivity contribution is 5.77. The van der Waals surface area contributed by atoms with Gasteiger partial charge in [0.05, 0.1) is 34.4 Å². The molecular formula is C23H24F3N7. The van der Waals surface area contributed by atoms with Crippen molar-refractivity contribution in [2.45, 2.75) is 38.4 Å². The first-order valence-corrected chi connectivity index (χ1v) is 11.3. The Morgan fingerprint density at radius 3 is 2.70 bits per heavy atom. The number of imidazole rings is 1. The largest absolute Gasteiger partial charge is 0.416 e. The highest BCUT2D eigenvalue weighted by Crippen LogP contribution is 2.37. The number of benzene rings is 1. The fourth-order valence-corrected chi connectivity index (χ4v) is 5.12. The number of nitrogens with zero attached hydrogens (tertiary/aromatic N) is 6. The zero-order valence-electron chi connectivity index (χ0n) is 18.2. The van der Waals surface area contributed by atoms with Crippen molar-refractivity contribution in [2.24, 2.45) is 0 Å². The number of aromatic nitrogens is 5. The maximum absolute atomic E-state index is 13.2. The Kier molecular flexibility index (Phi) is 4.62. The number of halogens is 3. The lowest BCUT2D eigenvalue weighted by Crippen LogP contribution is -2.47. The third-order valence-corrected chi connectivity index (χ3v) is 6.75. The zero-order chi connectivity index (χ0) is 22.7. The van der Waals surface area contributed by atoms with Gasteiger partial charge >= 0.3 is 6.18 Å². The first-order chi connectivity index (χ1) is 15.9. The molecule has 5 heterocycles. The molecule has 1 saturated heterocycles. The Balaban J connectivity index is 1.35. The highest BCUT2D eigenvalue weighted by atomic mass is 19.4. The first-order valence-electron chi connectivity index (χ1n) is 11.3. The Hall–Kier alpha value is -3.14. The van der Waals surface area contributed by atoms with Crippen LogP contribution in [-0.4, -0.2) is 50.3 Å². The summed E-state index contributed by atoms with van der Waals surface area (Å²) in [6.07, 6.45) is -0.826. The van der Waals surface area contributed by atoms with Gasteiger partial charge in [-0.2, -0.15) is 22.8 Å². The van der Waals surface area contributed by atoms with E-state index in [0.29, 0.717) is 12.1 Å². The lowest BCUT2D eigenvalue weighted by Gasteiger charge is -2.41. The van der Waals surface area contributed by atoms with E-state index in [4.69, 9.17) is 4.98 Å². The molecule has 33 heavy (non-hydrogen) atoms. The summed E-state index contributed by atoms with van der Waals surface area (Å²) in [5.41, 5.74) is 3.68. The van der Waals surface area contributed by atoms with E-state index < -0.39 is 11.7 Å². The van der Waals surface area contributed by atoms with Gasteiger partial charge in [0.15, 0.2) is 5.65 Å². The summed E-state index contributed by atoms with van der Waals surface area (Å²) in [6, 6.07) is 5.76. The molecule has 0 unspecified atom stereocenters. The monoisotopic (exact) mass is 455 g/mol. The number of anilines is 1. The number of fused-ring (bicyclic) bond motifs is 3. The number of nitrogens with one attached hydrogen (secondary N) is 1. The van der Waals surface area contributed by atoms with Gasteiger partial charge in [0.25, 0.3) is 0 Å². The normalized spacial score (nSPS) is 17.4. The molecule has 0 radical (unpaired) electrons. The fraction of sp³-hybridized carbons (Fsp3) is 0.435. The van der Waals surface area contributed by atoms with Gasteiger partial charge in [0, 0.05) is 44.2 Å². The van der Waals surface area contributed by atoms with Crippen LogP contribution >= 0.6 is 0 Å². The number of hydrogen-bond acceptors (Lipinski definition) is 5. The van der Waals surface area contributed by atoms with Gasteiger partial charge in [-0.3, -0.25) is 0 Å². The lowest BCUT2D eigenvalue weighted by atomic mass is 9.97. The van der Waals surface area contributed by atoms with Crippen LogP contribution in [-0.2, 0) is 25.6 Å². The standard InChI is InChI=1S/C23H24F3N7/c1-2-32-19-4-3-15(23(24,25)26)11-18(19)30-21(32)14-12-31(13-14)22-16-5-8-27-9-6-17(16)29-20-7-10-28-33(20)22/h3-4,7,10-11,14,27H,2,5-6,8-9,12-13H2,1H3. The summed E-state index contributed by atoms with van der Waals surface area (Å²) in [5, 5.41) is 7.97. The molecule has 4 aromatic rings. The van der Waals surface area contributed by atoms with Crippen molar-refractivity contribution in [3.05, 3.63) is 53.1 Å².